The largest absolute Gasteiger partial charge is 0.493 e. The van der Waals surface area contributed by atoms with Gasteiger partial charge in [-0.25, -0.2) is 9.67 Å². The lowest BCUT2D eigenvalue weighted by atomic mass is 9.76. The standard InChI is InChI=1S/C34H42N6O7/c1-3-46-33(44)34(18-24-10-11-24)19-25-12-13-28(45-2)29(17-25)47-20-31(42)36-14-16-39(15-6-9-30(41)37-21-34)32(43)26-7-4-5-8-27(26)40-23-35-22-38-40/h4-5,7-8,12-13,17,22-24H,3,6,9-11,14-16,18-21H2,1-2H3,(H,36,42)(H,37,41). The maximum Gasteiger partial charge on any atom is 0.314 e. The van der Waals surface area contributed by atoms with Crippen molar-refractivity contribution in [1.82, 2.24) is 30.3 Å². The molecule has 0 spiro atoms. The number of hydrogen-bond donors (Lipinski definition) is 2. The summed E-state index contributed by atoms with van der Waals surface area (Å²) in [4.78, 5) is 59.1. The van der Waals surface area contributed by atoms with Crippen molar-refractivity contribution < 1.29 is 33.4 Å². The lowest BCUT2D eigenvalue weighted by Crippen LogP contribution is -2.46. The van der Waals surface area contributed by atoms with E-state index < -0.39 is 5.41 Å². The molecular weight excluding hydrogens is 604 g/mol. The van der Waals surface area contributed by atoms with E-state index in [1.54, 1.807) is 42.2 Å². The van der Waals surface area contributed by atoms with Crippen LogP contribution in [-0.4, -0.2) is 89.9 Å². The number of aromatic nitrogens is 3. The topological polar surface area (TPSA) is 154 Å². The Morgan fingerprint density at radius 1 is 1.09 bits per heavy atom. The summed E-state index contributed by atoms with van der Waals surface area (Å²) in [5.41, 5.74) is 0.775. The molecule has 1 atom stereocenters. The summed E-state index contributed by atoms with van der Waals surface area (Å²) < 4.78 is 18.5. The van der Waals surface area contributed by atoms with E-state index in [9.17, 15) is 19.2 Å². The number of ether oxygens (including phenoxy) is 3. The van der Waals surface area contributed by atoms with E-state index in [1.807, 2.05) is 12.1 Å². The number of esters is 1. The first kappa shape index (κ1) is 33.4. The molecule has 0 radical (unpaired) electrons. The number of amides is 3. The minimum atomic E-state index is -0.991. The van der Waals surface area contributed by atoms with Gasteiger partial charge in [0.15, 0.2) is 18.1 Å². The number of benzene rings is 2. The fraction of sp³-hybridized carbons (Fsp3) is 0.471. The Hall–Kier alpha value is -4.94. The van der Waals surface area contributed by atoms with Crippen molar-refractivity contribution in [2.45, 2.75) is 45.4 Å². The number of methoxy groups -OCH3 is 1. The zero-order valence-corrected chi connectivity index (χ0v) is 26.9. The van der Waals surface area contributed by atoms with Crippen LogP contribution >= 0.6 is 0 Å². The van der Waals surface area contributed by atoms with Crippen molar-refractivity contribution in [2.24, 2.45) is 11.3 Å². The van der Waals surface area contributed by atoms with Crippen molar-refractivity contribution >= 4 is 23.7 Å². The molecule has 1 unspecified atom stereocenters. The van der Waals surface area contributed by atoms with Crippen molar-refractivity contribution in [3.63, 3.8) is 0 Å². The van der Waals surface area contributed by atoms with Crippen LogP contribution in [0.3, 0.4) is 0 Å². The second-order valence-electron chi connectivity index (χ2n) is 12.0. The van der Waals surface area contributed by atoms with Crippen molar-refractivity contribution in [3.8, 4) is 17.2 Å². The second kappa shape index (κ2) is 15.6. The minimum Gasteiger partial charge on any atom is -0.493 e. The third-order valence-corrected chi connectivity index (χ3v) is 8.46. The molecule has 1 aromatic heterocycles. The Kier molecular flexibility index (Phi) is 11.1. The molecular formula is C34H42N6O7. The highest BCUT2D eigenvalue weighted by molar-refractivity contribution is 5.97. The molecule has 250 valence electrons. The van der Waals surface area contributed by atoms with E-state index in [4.69, 9.17) is 14.2 Å². The average molecular weight is 647 g/mol. The molecule has 1 aliphatic carbocycles. The quantitative estimate of drug-likeness (QED) is 0.369. The van der Waals surface area contributed by atoms with Crippen LogP contribution in [0.15, 0.2) is 55.1 Å². The summed E-state index contributed by atoms with van der Waals surface area (Å²) in [6.45, 7) is 2.45. The molecule has 1 fully saturated rings. The van der Waals surface area contributed by atoms with Gasteiger partial charge in [-0.05, 0) is 61.9 Å². The first-order valence-corrected chi connectivity index (χ1v) is 16.1. The van der Waals surface area contributed by atoms with E-state index in [-0.39, 0.29) is 69.5 Å². The summed E-state index contributed by atoms with van der Waals surface area (Å²) in [5, 5.41) is 10.0. The lowest BCUT2D eigenvalue weighted by Gasteiger charge is -2.32. The van der Waals surface area contributed by atoms with Crippen LogP contribution in [0.1, 0.15) is 54.9 Å². The number of rotatable bonds is 7. The van der Waals surface area contributed by atoms with Crippen LogP contribution in [0, 0.1) is 11.3 Å². The van der Waals surface area contributed by atoms with Gasteiger partial charge in [0.2, 0.25) is 5.91 Å². The van der Waals surface area contributed by atoms with Crippen LogP contribution in [0.2, 0.25) is 0 Å². The van der Waals surface area contributed by atoms with Crippen molar-refractivity contribution in [2.75, 3.05) is 46.5 Å². The van der Waals surface area contributed by atoms with Gasteiger partial charge in [0.05, 0.1) is 30.4 Å². The lowest BCUT2D eigenvalue weighted by molar-refractivity contribution is -0.156. The predicted molar refractivity (Wildman–Crippen MR) is 171 cm³/mol. The first-order valence-electron chi connectivity index (χ1n) is 16.1. The van der Waals surface area contributed by atoms with Crippen molar-refractivity contribution in [3.05, 3.63) is 66.2 Å². The summed E-state index contributed by atoms with van der Waals surface area (Å²) in [7, 11) is 1.51. The smallest absolute Gasteiger partial charge is 0.314 e. The molecule has 2 aromatic carbocycles. The molecule has 2 aliphatic rings. The van der Waals surface area contributed by atoms with Gasteiger partial charge in [0, 0.05) is 32.6 Å². The molecule has 3 amide bonds. The molecule has 47 heavy (non-hydrogen) atoms. The van der Waals surface area contributed by atoms with Gasteiger partial charge in [-0.2, -0.15) is 5.10 Å². The van der Waals surface area contributed by atoms with Gasteiger partial charge in [0.1, 0.15) is 12.7 Å². The number of para-hydroxylation sites is 1. The summed E-state index contributed by atoms with van der Waals surface area (Å²) in [6.07, 6.45) is 6.34. The Labute approximate surface area is 274 Å². The second-order valence-corrected chi connectivity index (χ2v) is 12.0. The monoisotopic (exact) mass is 646 g/mol. The van der Waals surface area contributed by atoms with E-state index in [2.05, 4.69) is 20.7 Å². The van der Waals surface area contributed by atoms with Crippen LogP contribution in [-0.2, 0) is 25.5 Å². The number of fused-ring (bicyclic) bond motifs is 2. The highest BCUT2D eigenvalue weighted by atomic mass is 16.5. The van der Waals surface area contributed by atoms with Gasteiger partial charge < -0.3 is 29.7 Å². The first-order chi connectivity index (χ1) is 22.8. The van der Waals surface area contributed by atoms with Crippen LogP contribution in [0.4, 0.5) is 0 Å². The van der Waals surface area contributed by atoms with Crippen LogP contribution in [0.25, 0.3) is 5.69 Å². The zero-order chi connectivity index (χ0) is 33.2. The van der Waals surface area contributed by atoms with Crippen LogP contribution in [0.5, 0.6) is 11.5 Å². The van der Waals surface area contributed by atoms with Gasteiger partial charge in [-0.3, -0.25) is 19.2 Å². The van der Waals surface area contributed by atoms with E-state index in [0.717, 1.165) is 18.4 Å². The molecule has 13 nitrogen and oxygen atoms in total. The molecule has 5 rings (SSSR count). The average Bonchev–Trinajstić information content (AvgIpc) is 3.72. The van der Waals surface area contributed by atoms with Gasteiger partial charge in [0.25, 0.3) is 11.8 Å². The van der Waals surface area contributed by atoms with Gasteiger partial charge in [-0.15, -0.1) is 0 Å². The molecule has 2 N–H and O–H groups in total. The highest BCUT2D eigenvalue weighted by Gasteiger charge is 2.45. The number of carbonyl (C=O) groups excluding carboxylic acids is 4. The summed E-state index contributed by atoms with van der Waals surface area (Å²) in [6, 6.07) is 12.4. The summed E-state index contributed by atoms with van der Waals surface area (Å²) in [5.74, 6) is -0.0642. The number of carbonyl (C=O) groups is 4. The molecule has 2 bridgehead atoms. The number of nitrogens with one attached hydrogen (secondary N) is 2. The van der Waals surface area contributed by atoms with Crippen molar-refractivity contribution in [1.29, 1.82) is 0 Å². The Morgan fingerprint density at radius 2 is 1.91 bits per heavy atom. The Bertz CT molecular complexity index is 1560. The molecule has 1 saturated carbocycles. The minimum absolute atomic E-state index is 0.111. The maximum atomic E-state index is 13.9. The molecule has 13 heteroatoms. The highest BCUT2D eigenvalue weighted by Crippen LogP contribution is 2.43. The predicted octanol–water partition coefficient (Wildman–Crippen LogP) is 2.72. The van der Waals surface area contributed by atoms with E-state index in [0.29, 0.717) is 47.9 Å². The fourth-order valence-corrected chi connectivity index (χ4v) is 5.91. The molecule has 0 saturated heterocycles. The normalized spacial score (nSPS) is 19.7. The SMILES string of the molecule is CCOC(=O)C1(CC2CC2)CNC(=O)CCCN(C(=O)c2ccccc2-n2cncn2)CCNC(=O)COc2cc(ccc2OC)C1. The third kappa shape index (κ3) is 8.66. The van der Waals surface area contributed by atoms with E-state index >= 15 is 0 Å². The fourth-order valence-electron chi connectivity index (χ4n) is 5.91. The molecule has 2 heterocycles. The Morgan fingerprint density at radius 3 is 2.66 bits per heavy atom. The molecule has 1 aliphatic heterocycles. The Balaban J connectivity index is 1.41. The third-order valence-electron chi connectivity index (χ3n) is 8.46. The van der Waals surface area contributed by atoms with E-state index in [1.165, 1.54) is 24.4 Å². The number of nitrogens with zero attached hydrogens (tertiary/aromatic N) is 4. The zero-order valence-electron chi connectivity index (χ0n) is 26.9. The van der Waals surface area contributed by atoms with Gasteiger partial charge >= 0.3 is 5.97 Å². The number of hydrogen-bond acceptors (Lipinski definition) is 9. The van der Waals surface area contributed by atoms with Gasteiger partial charge in [-0.1, -0.05) is 31.0 Å². The molecule has 3 aromatic rings. The summed E-state index contributed by atoms with van der Waals surface area (Å²) >= 11 is 0. The maximum absolute atomic E-state index is 13.9. The van der Waals surface area contributed by atoms with Crippen LogP contribution < -0.4 is 20.1 Å².